The lowest BCUT2D eigenvalue weighted by Gasteiger charge is -2.33. The minimum Gasteiger partial charge on any atom is -0.298 e. The molecule has 1 aliphatic heterocycles. The van der Waals surface area contributed by atoms with Crippen molar-refractivity contribution in [3.05, 3.63) is 0 Å². The Morgan fingerprint density at radius 3 is 2.09 bits per heavy atom. The van der Waals surface area contributed by atoms with Crippen LogP contribution in [0.1, 0.15) is 40.5 Å². The fraction of sp³-hybridized carbons (Fsp3) is 1.00. The Bertz CT molecular complexity index is 138. The van der Waals surface area contributed by atoms with Crippen LogP contribution >= 0.6 is 0 Å². The molecular formula is C10H21N. The van der Waals surface area contributed by atoms with Gasteiger partial charge in [-0.15, -0.1) is 0 Å². The predicted octanol–water partition coefficient (Wildman–Crippen LogP) is 2.52. The van der Waals surface area contributed by atoms with Crippen LogP contribution in [0.15, 0.2) is 0 Å². The maximum Gasteiger partial charge on any atom is 0.0153 e. The zero-order chi connectivity index (χ0) is 8.65. The summed E-state index contributed by atoms with van der Waals surface area (Å²) in [4.78, 5) is 2.54. The molecule has 1 nitrogen and oxygen atoms in total. The van der Waals surface area contributed by atoms with Crippen LogP contribution in [0.3, 0.4) is 0 Å². The highest BCUT2D eigenvalue weighted by Gasteiger charge is 2.37. The SMILES string of the molecule is CC(C)C1CCC(C)(C)N1C. The summed E-state index contributed by atoms with van der Waals surface area (Å²) in [6, 6.07) is 0.810. The highest BCUT2D eigenvalue weighted by Crippen LogP contribution is 2.34. The molecule has 1 heterocycles. The first-order valence-electron chi connectivity index (χ1n) is 4.68. The molecule has 1 fully saturated rings. The summed E-state index contributed by atoms with van der Waals surface area (Å²) in [7, 11) is 2.26. The summed E-state index contributed by atoms with van der Waals surface area (Å²) in [5.41, 5.74) is 0.439. The van der Waals surface area contributed by atoms with Crippen LogP contribution in [0, 0.1) is 5.92 Å². The molecule has 0 aromatic carbocycles. The van der Waals surface area contributed by atoms with Gasteiger partial charge in [0.15, 0.2) is 0 Å². The molecule has 0 aromatic heterocycles. The van der Waals surface area contributed by atoms with Gasteiger partial charge >= 0.3 is 0 Å². The molecule has 1 aliphatic rings. The molecule has 0 bridgehead atoms. The van der Waals surface area contributed by atoms with Gasteiger partial charge in [0, 0.05) is 11.6 Å². The van der Waals surface area contributed by atoms with Crippen molar-refractivity contribution < 1.29 is 0 Å². The van der Waals surface area contributed by atoms with Crippen molar-refractivity contribution in [2.24, 2.45) is 5.92 Å². The summed E-state index contributed by atoms with van der Waals surface area (Å²) in [6.07, 6.45) is 2.73. The van der Waals surface area contributed by atoms with Gasteiger partial charge in [-0.25, -0.2) is 0 Å². The van der Waals surface area contributed by atoms with Gasteiger partial charge in [0.2, 0.25) is 0 Å². The monoisotopic (exact) mass is 155 g/mol. The third-order valence-electron chi connectivity index (χ3n) is 3.27. The van der Waals surface area contributed by atoms with Crippen LogP contribution in [-0.4, -0.2) is 23.5 Å². The first-order valence-corrected chi connectivity index (χ1v) is 4.68. The summed E-state index contributed by atoms with van der Waals surface area (Å²) >= 11 is 0. The third kappa shape index (κ3) is 1.58. The van der Waals surface area contributed by atoms with Gasteiger partial charge in [0.25, 0.3) is 0 Å². The Morgan fingerprint density at radius 1 is 1.36 bits per heavy atom. The lowest BCUT2D eigenvalue weighted by atomic mass is 10.0. The number of nitrogens with zero attached hydrogens (tertiary/aromatic N) is 1. The molecule has 0 amide bonds. The average molecular weight is 155 g/mol. The van der Waals surface area contributed by atoms with E-state index >= 15 is 0 Å². The fourth-order valence-electron chi connectivity index (χ4n) is 2.10. The van der Waals surface area contributed by atoms with Crippen LogP contribution in [0.5, 0.6) is 0 Å². The quantitative estimate of drug-likeness (QED) is 0.562. The zero-order valence-electron chi connectivity index (χ0n) is 8.52. The van der Waals surface area contributed by atoms with E-state index in [0.29, 0.717) is 5.54 Å². The van der Waals surface area contributed by atoms with E-state index < -0.39 is 0 Å². The Morgan fingerprint density at radius 2 is 1.91 bits per heavy atom. The topological polar surface area (TPSA) is 3.24 Å². The van der Waals surface area contributed by atoms with E-state index in [0.717, 1.165) is 12.0 Å². The molecule has 0 saturated carbocycles. The van der Waals surface area contributed by atoms with Crippen molar-refractivity contribution in [2.75, 3.05) is 7.05 Å². The minimum atomic E-state index is 0.439. The van der Waals surface area contributed by atoms with Crippen LogP contribution in [0.25, 0.3) is 0 Å². The molecule has 1 rings (SSSR count). The van der Waals surface area contributed by atoms with Crippen molar-refractivity contribution in [3.63, 3.8) is 0 Å². The largest absolute Gasteiger partial charge is 0.298 e. The van der Waals surface area contributed by atoms with E-state index in [9.17, 15) is 0 Å². The molecule has 0 aliphatic carbocycles. The summed E-state index contributed by atoms with van der Waals surface area (Å²) in [5, 5.41) is 0. The van der Waals surface area contributed by atoms with Gasteiger partial charge in [-0.05, 0) is 39.7 Å². The van der Waals surface area contributed by atoms with E-state index in [1.807, 2.05) is 0 Å². The minimum absolute atomic E-state index is 0.439. The fourth-order valence-corrected chi connectivity index (χ4v) is 2.10. The standard InChI is InChI=1S/C10H21N/c1-8(2)9-6-7-10(3,4)11(9)5/h8-9H,6-7H2,1-5H3. The van der Waals surface area contributed by atoms with Crippen LogP contribution in [-0.2, 0) is 0 Å². The smallest absolute Gasteiger partial charge is 0.0153 e. The first kappa shape index (κ1) is 9.05. The maximum absolute atomic E-state index is 2.54. The Hall–Kier alpha value is -0.0400. The van der Waals surface area contributed by atoms with Crippen LogP contribution in [0.4, 0.5) is 0 Å². The molecule has 0 N–H and O–H groups in total. The lowest BCUT2D eigenvalue weighted by molar-refractivity contribution is 0.141. The molecule has 0 spiro atoms. The van der Waals surface area contributed by atoms with Crippen molar-refractivity contribution in [1.29, 1.82) is 0 Å². The highest BCUT2D eigenvalue weighted by atomic mass is 15.2. The second kappa shape index (κ2) is 2.78. The molecule has 11 heavy (non-hydrogen) atoms. The summed E-state index contributed by atoms with van der Waals surface area (Å²) in [5.74, 6) is 0.807. The normalized spacial score (nSPS) is 31.6. The molecule has 1 heteroatoms. The maximum atomic E-state index is 2.54. The Kier molecular flexibility index (Phi) is 2.29. The highest BCUT2D eigenvalue weighted by molar-refractivity contribution is 4.93. The second-order valence-electron chi connectivity index (χ2n) is 4.77. The number of hydrogen-bond acceptors (Lipinski definition) is 1. The zero-order valence-corrected chi connectivity index (χ0v) is 8.52. The van der Waals surface area contributed by atoms with Gasteiger partial charge in [0.1, 0.15) is 0 Å². The second-order valence-corrected chi connectivity index (χ2v) is 4.77. The van der Waals surface area contributed by atoms with E-state index in [1.165, 1.54) is 12.8 Å². The van der Waals surface area contributed by atoms with Gasteiger partial charge < -0.3 is 0 Å². The van der Waals surface area contributed by atoms with Gasteiger partial charge in [-0.3, -0.25) is 4.90 Å². The third-order valence-corrected chi connectivity index (χ3v) is 3.27. The summed E-state index contributed by atoms with van der Waals surface area (Å²) in [6.45, 7) is 9.33. The van der Waals surface area contributed by atoms with Crippen molar-refractivity contribution >= 4 is 0 Å². The lowest BCUT2D eigenvalue weighted by Crippen LogP contribution is -2.41. The average Bonchev–Trinajstić information content (AvgIpc) is 2.09. The number of hydrogen-bond donors (Lipinski definition) is 0. The molecule has 0 radical (unpaired) electrons. The van der Waals surface area contributed by atoms with Crippen molar-refractivity contribution in [3.8, 4) is 0 Å². The van der Waals surface area contributed by atoms with Crippen molar-refractivity contribution in [2.45, 2.75) is 52.1 Å². The summed E-state index contributed by atoms with van der Waals surface area (Å²) < 4.78 is 0. The molecule has 0 aromatic rings. The number of rotatable bonds is 1. The Balaban J connectivity index is 2.63. The van der Waals surface area contributed by atoms with Gasteiger partial charge in [0.05, 0.1) is 0 Å². The number of likely N-dealkylation sites (tertiary alicyclic amines) is 1. The molecule has 1 atom stereocenters. The van der Waals surface area contributed by atoms with E-state index in [1.54, 1.807) is 0 Å². The Labute approximate surface area is 70.8 Å². The van der Waals surface area contributed by atoms with Gasteiger partial charge in [-0.1, -0.05) is 13.8 Å². The van der Waals surface area contributed by atoms with Crippen LogP contribution in [0.2, 0.25) is 0 Å². The molecule has 1 saturated heterocycles. The molecule has 66 valence electrons. The van der Waals surface area contributed by atoms with E-state index in [4.69, 9.17) is 0 Å². The van der Waals surface area contributed by atoms with Crippen molar-refractivity contribution in [1.82, 2.24) is 4.90 Å². The predicted molar refractivity (Wildman–Crippen MR) is 49.7 cm³/mol. The molecule has 1 unspecified atom stereocenters. The van der Waals surface area contributed by atoms with E-state index in [2.05, 4.69) is 39.6 Å². The van der Waals surface area contributed by atoms with Crippen LogP contribution < -0.4 is 0 Å². The van der Waals surface area contributed by atoms with Gasteiger partial charge in [-0.2, -0.15) is 0 Å². The first-order chi connectivity index (χ1) is 4.95. The molecular weight excluding hydrogens is 134 g/mol. The van der Waals surface area contributed by atoms with E-state index in [-0.39, 0.29) is 0 Å².